The first kappa shape index (κ1) is 14.5. The monoisotopic (exact) mass is 294 g/mol. The molecule has 106 valence electrons. The van der Waals surface area contributed by atoms with E-state index < -0.39 is 22.0 Å². The number of hydrogen-bond donors (Lipinski definition) is 1. The SMILES string of the molecule is N#Cc1ccc(S(=O)(=O)N2CCC[C@H]2CC(=O)O)cc1. The second kappa shape index (κ2) is 5.61. The number of carboxylic acid groups (broad SMARTS) is 1. The summed E-state index contributed by atoms with van der Waals surface area (Å²) in [6.45, 7) is 0.334. The van der Waals surface area contributed by atoms with E-state index in [9.17, 15) is 13.2 Å². The number of carbonyl (C=O) groups is 1. The predicted molar refractivity (Wildman–Crippen MR) is 70.3 cm³/mol. The van der Waals surface area contributed by atoms with Gasteiger partial charge in [-0.25, -0.2) is 8.42 Å². The van der Waals surface area contributed by atoms with Gasteiger partial charge in [0.1, 0.15) is 0 Å². The van der Waals surface area contributed by atoms with Crippen molar-refractivity contribution in [2.45, 2.75) is 30.2 Å². The molecule has 0 saturated carbocycles. The molecule has 0 amide bonds. The largest absolute Gasteiger partial charge is 0.481 e. The highest BCUT2D eigenvalue weighted by molar-refractivity contribution is 7.89. The molecular formula is C13H14N2O4S. The van der Waals surface area contributed by atoms with Crippen LogP contribution < -0.4 is 0 Å². The van der Waals surface area contributed by atoms with Crippen LogP contribution in [0.25, 0.3) is 0 Å². The first-order valence-electron chi connectivity index (χ1n) is 6.19. The zero-order valence-corrected chi connectivity index (χ0v) is 11.5. The lowest BCUT2D eigenvalue weighted by Gasteiger charge is -2.22. The van der Waals surface area contributed by atoms with Gasteiger partial charge >= 0.3 is 5.97 Å². The van der Waals surface area contributed by atoms with Gasteiger partial charge in [0.2, 0.25) is 10.0 Å². The molecule has 1 fully saturated rings. The minimum Gasteiger partial charge on any atom is -0.481 e. The molecule has 1 saturated heterocycles. The third-order valence-corrected chi connectivity index (χ3v) is 5.29. The van der Waals surface area contributed by atoms with Gasteiger partial charge in [0.15, 0.2) is 0 Å². The Morgan fingerprint density at radius 1 is 1.40 bits per heavy atom. The summed E-state index contributed by atoms with van der Waals surface area (Å²) in [6, 6.07) is 7.07. The highest BCUT2D eigenvalue weighted by Crippen LogP contribution is 2.27. The van der Waals surface area contributed by atoms with E-state index in [1.807, 2.05) is 6.07 Å². The molecule has 0 aromatic heterocycles. The molecule has 0 bridgehead atoms. The Hall–Kier alpha value is -1.91. The molecule has 0 aliphatic carbocycles. The van der Waals surface area contributed by atoms with Crippen molar-refractivity contribution in [3.8, 4) is 6.07 Å². The lowest BCUT2D eigenvalue weighted by Crippen LogP contribution is -2.36. The van der Waals surface area contributed by atoms with Crippen molar-refractivity contribution < 1.29 is 18.3 Å². The Labute approximate surface area is 117 Å². The maximum absolute atomic E-state index is 12.5. The van der Waals surface area contributed by atoms with Crippen LogP contribution in [0.4, 0.5) is 0 Å². The molecule has 1 aliphatic heterocycles. The molecule has 1 aromatic rings. The molecule has 2 rings (SSSR count). The summed E-state index contributed by atoms with van der Waals surface area (Å²) in [5.74, 6) is -1.00. The van der Waals surface area contributed by atoms with Gasteiger partial charge in [-0.15, -0.1) is 0 Å². The van der Waals surface area contributed by atoms with Gasteiger partial charge in [-0.2, -0.15) is 9.57 Å². The molecule has 0 spiro atoms. The number of rotatable bonds is 4. The van der Waals surface area contributed by atoms with Crippen LogP contribution >= 0.6 is 0 Å². The number of nitriles is 1. The van der Waals surface area contributed by atoms with Crippen LogP contribution in [0, 0.1) is 11.3 Å². The topological polar surface area (TPSA) is 98.5 Å². The Morgan fingerprint density at radius 2 is 2.05 bits per heavy atom. The molecule has 1 heterocycles. The third-order valence-electron chi connectivity index (χ3n) is 3.32. The van der Waals surface area contributed by atoms with E-state index in [-0.39, 0.29) is 11.3 Å². The summed E-state index contributed by atoms with van der Waals surface area (Å²) in [6.07, 6.45) is 1.03. The van der Waals surface area contributed by atoms with Crippen molar-refractivity contribution in [3.63, 3.8) is 0 Å². The van der Waals surface area contributed by atoms with Gasteiger partial charge in [0.25, 0.3) is 0 Å². The molecule has 20 heavy (non-hydrogen) atoms. The maximum Gasteiger partial charge on any atom is 0.304 e. The first-order valence-corrected chi connectivity index (χ1v) is 7.63. The Bertz CT molecular complexity index is 646. The summed E-state index contributed by atoms with van der Waals surface area (Å²) in [4.78, 5) is 10.9. The Balaban J connectivity index is 2.29. The van der Waals surface area contributed by atoms with Crippen molar-refractivity contribution in [2.75, 3.05) is 6.54 Å². The van der Waals surface area contributed by atoms with Crippen molar-refractivity contribution in [1.29, 1.82) is 5.26 Å². The van der Waals surface area contributed by atoms with E-state index in [0.717, 1.165) is 0 Å². The van der Waals surface area contributed by atoms with Gasteiger partial charge in [-0.05, 0) is 37.1 Å². The number of nitrogens with zero attached hydrogens (tertiary/aromatic N) is 2. The Morgan fingerprint density at radius 3 is 2.60 bits per heavy atom. The number of carboxylic acids is 1. The predicted octanol–water partition coefficient (Wildman–Crippen LogP) is 1.19. The van der Waals surface area contributed by atoms with Gasteiger partial charge in [-0.3, -0.25) is 4.79 Å². The summed E-state index contributed by atoms with van der Waals surface area (Å²) < 4.78 is 26.2. The molecule has 1 aliphatic rings. The van der Waals surface area contributed by atoms with Crippen molar-refractivity contribution in [2.24, 2.45) is 0 Å². The fourth-order valence-corrected chi connectivity index (χ4v) is 4.06. The molecule has 1 aromatic carbocycles. The van der Waals surface area contributed by atoms with E-state index in [4.69, 9.17) is 10.4 Å². The zero-order chi connectivity index (χ0) is 14.8. The van der Waals surface area contributed by atoms with Crippen LogP contribution in [-0.2, 0) is 14.8 Å². The van der Waals surface area contributed by atoms with Crippen LogP contribution in [0.1, 0.15) is 24.8 Å². The van der Waals surface area contributed by atoms with Crippen LogP contribution in [0.2, 0.25) is 0 Å². The van der Waals surface area contributed by atoms with E-state index >= 15 is 0 Å². The molecule has 0 unspecified atom stereocenters. The summed E-state index contributed by atoms with van der Waals surface area (Å²) in [5.41, 5.74) is 0.382. The second-order valence-corrected chi connectivity index (χ2v) is 6.54. The molecule has 7 heteroatoms. The fourth-order valence-electron chi connectivity index (χ4n) is 2.37. The van der Waals surface area contributed by atoms with Gasteiger partial charge < -0.3 is 5.11 Å². The maximum atomic E-state index is 12.5. The highest BCUT2D eigenvalue weighted by atomic mass is 32.2. The fraction of sp³-hybridized carbons (Fsp3) is 0.385. The van der Waals surface area contributed by atoms with E-state index in [0.29, 0.717) is 24.9 Å². The van der Waals surface area contributed by atoms with Gasteiger partial charge in [-0.1, -0.05) is 0 Å². The van der Waals surface area contributed by atoms with Crippen molar-refractivity contribution in [1.82, 2.24) is 4.31 Å². The number of hydrogen-bond acceptors (Lipinski definition) is 4. The molecular weight excluding hydrogens is 280 g/mol. The van der Waals surface area contributed by atoms with Crippen LogP contribution in [0.3, 0.4) is 0 Å². The molecule has 0 radical (unpaired) electrons. The summed E-state index contributed by atoms with van der Waals surface area (Å²) >= 11 is 0. The average Bonchev–Trinajstić information content (AvgIpc) is 2.87. The lowest BCUT2D eigenvalue weighted by atomic mass is 10.2. The van der Waals surface area contributed by atoms with Crippen LogP contribution in [-0.4, -0.2) is 36.4 Å². The van der Waals surface area contributed by atoms with Crippen LogP contribution in [0.5, 0.6) is 0 Å². The van der Waals surface area contributed by atoms with Gasteiger partial charge in [0, 0.05) is 12.6 Å². The van der Waals surface area contributed by atoms with Gasteiger partial charge in [0.05, 0.1) is 22.9 Å². The van der Waals surface area contributed by atoms with E-state index in [1.54, 1.807) is 0 Å². The average molecular weight is 294 g/mol. The smallest absolute Gasteiger partial charge is 0.304 e. The normalized spacial score (nSPS) is 19.6. The quantitative estimate of drug-likeness (QED) is 0.899. The minimum atomic E-state index is -3.70. The number of benzene rings is 1. The minimum absolute atomic E-state index is 0.0915. The number of sulfonamides is 1. The lowest BCUT2D eigenvalue weighted by molar-refractivity contribution is -0.137. The second-order valence-electron chi connectivity index (χ2n) is 4.65. The zero-order valence-electron chi connectivity index (χ0n) is 10.7. The first-order chi connectivity index (χ1) is 9.45. The van der Waals surface area contributed by atoms with E-state index in [2.05, 4.69) is 0 Å². The van der Waals surface area contributed by atoms with Crippen molar-refractivity contribution in [3.05, 3.63) is 29.8 Å². The molecule has 6 nitrogen and oxygen atoms in total. The highest BCUT2D eigenvalue weighted by Gasteiger charge is 2.36. The molecule has 1 atom stereocenters. The van der Waals surface area contributed by atoms with Crippen LogP contribution in [0.15, 0.2) is 29.2 Å². The Kier molecular flexibility index (Phi) is 4.06. The molecule has 1 N–H and O–H groups in total. The summed E-state index contributed by atoms with van der Waals surface area (Å²) in [5, 5.41) is 17.5. The van der Waals surface area contributed by atoms with E-state index in [1.165, 1.54) is 28.6 Å². The third kappa shape index (κ3) is 2.81. The number of aliphatic carboxylic acids is 1. The summed E-state index contributed by atoms with van der Waals surface area (Å²) in [7, 11) is -3.70. The van der Waals surface area contributed by atoms with Crippen molar-refractivity contribution >= 4 is 16.0 Å². The standard InChI is InChI=1S/C13H14N2O4S/c14-9-10-3-5-12(6-4-10)20(18,19)15-7-1-2-11(15)8-13(16)17/h3-6,11H,1-2,7-8H2,(H,16,17)/t11-/m0/s1.